The molecule has 0 radical (unpaired) electrons. The summed E-state index contributed by atoms with van der Waals surface area (Å²) in [6, 6.07) is 5.03. The van der Waals surface area contributed by atoms with E-state index in [0.29, 0.717) is 24.3 Å². The van der Waals surface area contributed by atoms with E-state index >= 15 is 0 Å². The van der Waals surface area contributed by atoms with Crippen LogP contribution in [0.1, 0.15) is 44.2 Å². The second kappa shape index (κ2) is 6.48. The third kappa shape index (κ3) is 2.85. The molecule has 1 amide bonds. The molecule has 23 heavy (non-hydrogen) atoms. The molecule has 2 unspecified atom stereocenters. The average Bonchev–Trinajstić information content (AvgIpc) is 3.17. The Kier molecular flexibility index (Phi) is 4.41. The number of carbonyl (C=O) groups excluding carboxylic acids is 2. The van der Waals surface area contributed by atoms with Gasteiger partial charge in [-0.15, -0.1) is 0 Å². The summed E-state index contributed by atoms with van der Waals surface area (Å²) < 4.78 is 15.6. The molecule has 1 aromatic carbocycles. The maximum Gasteiger partial charge on any atom is 0.328 e. The third-order valence-corrected chi connectivity index (χ3v) is 4.41. The highest BCUT2D eigenvalue weighted by Gasteiger charge is 2.41. The van der Waals surface area contributed by atoms with Gasteiger partial charge in [-0.25, -0.2) is 4.79 Å². The van der Waals surface area contributed by atoms with Gasteiger partial charge < -0.3 is 19.1 Å². The van der Waals surface area contributed by atoms with E-state index in [-0.39, 0.29) is 24.7 Å². The van der Waals surface area contributed by atoms with Crippen LogP contribution >= 0.6 is 0 Å². The number of methoxy groups -OCH3 is 1. The zero-order valence-electron chi connectivity index (χ0n) is 13.4. The summed E-state index contributed by atoms with van der Waals surface area (Å²) in [6.45, 7) is 2.28. The van der Waals surface area contributed by atoms with Gasteiger partial charge in [0.25, 0.3) is 0 Å². The summed E-state index contributed by atoms with van der Waals surface area (Å²) in [6.07, 6.45) is 2.57. The van der Waals surface area contributed by atoms with E-state index in [1.54, 1.807) is 4.90 Å². The number of benzene rings is 1. The summed E-state index contributed by atoms with van der Waals surface area (Å²) in [5.41, 5.74) is 0.959. The Morgan fingerprint density at radius 1 is 1.39 bits per heavy atom. The van der Waals surface area contributed by atoms with E-state index < -0.39 is 6.04 Å². The summed E-state index contributed by atoms with van der Waals surface area (Å²) in [4.78, 5) is 26.1. The number of fused-ring (bicyclic) bond motifs is 1. The highest BCUT2D eigenvalue weighted by atomic mass is 16.7. The number of likely N-dealkylation sites (tertiary alicyclic amines) is 1. The van der Waals surface area contributed by atoms with Gasteiger partial charge in [0, 0.05) is 6.42 Å². The van der Waals surface area contributed by atoms with Crippen molar-refractivity contribution >= 4 is 11.9 Å². The standard InChI is InChI=1S/C17H21NO5/c1-3-4-12(11-5-7-14-15(9-11)23-10-22-14)18-13(17(20)21-2)6-8-16(18)19/h5,7,9,12-13H,3-4,6,8,10H2,1-2H3. The number of hydrogen-bond acceptors (Lipinski definition) is 5. The second-order valence-electron chi connectivity index (χ2n) is 5.80. The van der Waals surface area contributed by atoms with Gasteiger partial charge in [0.2, 0.25) is 12.7 Å². The van der Waals surface area contributed by atoms with Crippen LogP contribution in [0.15, 0.2) is 18.2 Å². The fraction of sp³-hybridized carbons (Fsp3) is 0.529. The van der Waals surface area contributed by atoms with Gasteiger partial charge in [-0.1, -0.05) is 19.4 Å². The van der Waals surface area contributed by atoms with Crippen molar-refractivity contribution in [2.75, 3.05) is 13.9 Å². The van der Waals surface area contributed by atoms with Gasteiger partial charge >= 0.3 is 5.97 Å². The first-order valence-corrected chi connectivity index (χ1v) is 7.94. The summed E-state index contributed by atoms with van der Waals surface area (Å²) in [5.74, 6) is 1.04. The van der Waals surface area contributed by atoms with Crippen LogP contribution in [0.25, 0.3) is 0 Å². The van der Waals surface area contributed by atoms with E-state index in [0.717, 1.165) is 18.4 Å². The Morgan fingerprint density at radius 2 is 2.17 bits per heavy atom. The Morgan fingerprint density at radius 3 is 2.91 bits per heavy atom. The van der Waals surface area contributed by atoms with Crippen molar-refractivity contribution in [2.24, 2.45) is 0 Å². The number of rotatable bonds is 5. The van der Waals surface area contributed by atoms with E-state index in [9.17, 15) is 9.59 Å². The number of hydrogen-bond donors (Lipinski definition) is 0. The first kappa shape index (κ1) is 15.6. The van der Waals surface area contributed by atoms with Crippen molar-refractivity contribution in [3.8, 4) is 11.5 Å². The smallest absolute Gasteiger partial charge is 0.328 e. The second-order valence-corrected chi connectivity index (χ2v) is 5.80. The zero-order chi connectivity index (χ0) is 16.4. The lowest BCUT2D eigenvalue weighted by atomic mass is 9.99. The number of nitrogens with zero attached hydrogens (tertiary/aromatic N) is 1. The molecule has 0 spiro atoms. The molecular weight excluding hydrogens is 298 g/mol. The summed E-state index contributed by atoms with van der Waals surface area (Å²) in [7, 11) is 1.36. The Balaban J connectivity index is 1.94. The van der Waals surface area contributed by atoms with Crippen LogP contribution < -0.4 is 9.47 Å². The zero-order valence-corrected chi connectivity index (χ0v) is 13.4. The van der Waals surface area contributed by atoms with Crippen LogP contribution in [-0.2, 0) is 14.3 Å². The van der Waals surface area contributed by atoms with Crippen molar-refractivity contribution in [1.82, 2.24) is 4.90 Å². The van der Waals surface area contributed by atoms with Crippen molar-refractivity contribution < 1.29 is 23.8 Å². The monoisotopic (exact) mass is 319 g/mol. The lowest BCUT2D eigenvalue weighted by Crippen LogP contribution is -2.41. The van der Waals surface area contributed by atoms with E-state index in [4.69, 9.17) is 14.2 Å². The summed E-state index contributed by atoms with van der Waals surface area (Å²) >= 11 is 0. The average molecular weight is 319 g/mol. The minimum absolute atomic E-state index is 0.00323. The molecule has 1 fully saturated rings. The first-order chi connectivity index (χ1) is 11.2. The van der Waals surface area contributed by atoms with Gasteiger partial charge in [-0.3, -0.25) is 4.79 Å². The van der Waals surface area contributed by atoms with Crippen LogP contribution in [-0.4, -0.2) is 36.7 Å². The van der Waals surface area contributed by atoms with Crippen LogP contribution in [0.3, 0.4) is 0 Å². The first-order valence-electron chi connectivity index (χ1n) is 7.94. The Labute approximate surface area is 135 Å². The number of carbonyl (C=O) groups is 2. The van der Waals surface area contributed by atoms with Crippen LogP contribution in [0.2, 0.25) is 0 Å². The minimum Gasteiger partial charge on any atom is -0.467 e. The molecule has 1 saturated heterocycles. The fourth-order valence-electron chi connectivity index (χ4n) is 3.32. The SMILES string of the molecule is CCCC(c1ccc2c(c1)OCO2)N1C(=O)CCC1C(=O)OC. The molecule has 2 aliphatic heterocycles. The minimum atomic E-state index is -0.505. The van der Waals surface area contributed by atoms with Gasteiger partial charge in [0.15, 0.2) is 11.5 Å². The Bertz CT molecular complexity index is 615. The maximum absolute atomic E-state index is 12.4. The third-order valence-electron chi connectivity index (χ3n) is 4.41. The molecular formula is C17H21NO5. The molecule has 3 rings (SSSR count). The molecule has 6 heteroatoms. The molecule has 0 aromatic heterocycles. The quantitative estimate of drug-likeness (QED) is 0.780. The predicted molar refractivity (Wildman–Crippen MR) is 82.1 cm³/mol. The molecule has 2 aliphatic rings. The van der Waals surface area contributed by atoms with Crippen molar-refractivity contribution in [3.05, 3.63) is 23.8 Å². The van der Waals surface area contributed by atoms with Gasteiger partial charge in [0.05, 0.1) is 13.2 Å². The Hall–Kier alpha value is -2.24. The van der Waals surface area contributed by atoms with E-state index in [1.165, 1.54) is 7.11 Å². The molecule has 0 bridgehead atoms. The predicted octanol–water partition coefficient (Wildman–Crippen LogP) is 2.42. The van der Waals surface area contributed by atoms with Crippen molar-refractivity contribution in [2.45, 2.75) is 44.7 Å². The van der Waals surface area contributed by atoms with Gasteiger partial charge in [-0.05, 0) is 30.5 Å². The van der Waals surface area contributed by atoms with E-state index in [1.807, 2.05) is 18.2 Å². The van der Waals surface area contributed by atoms with Crippen LogP contribution in [0.5, 0.6) is 11.5 Å². The van der Waals surface area contributed by atoms with Gasteiger partial charge in [-0.2, -0.15) is 0 Å². The molecule has 1 aromatic rings. The number of ether oxygens (including phenoxy) is 3. The van der Waals surface area contributed by atoms with Gasteiger partial charge in [0.1, 0.15) is 6.04 Å². The lowest BCUT2D eigenvalue weighted by Gasteiger charge is -2.32. The van der Waals surface area contributed by atoms with Crippen LogP contribution in [0, 0.1) is 0 Å². The topological polar surface area (TPSA) is 65.1 Å². The highest BCUT2D eigenvalue weighted by Crippen LogP contribution is 2.39. The van der Waals surface area contributed by atoms with Crippen LogP contribution in [0.4, 0.5) is 0 Å². The van der Waals surface area contributed by atoms with Crippen molar-refractivity contribution in [3.63, 3.8) is 0 Å². The maximum atomic E-state index is 12.4. The number of esters is 1. The largest absolute Gasteiger partial charge is 0.467 e. The number of amides is 1. The molecule has 0 aliphatic carbocycles. The highest BCUT2D eigenvalue weighted by molar-refractivity contribution is 5.88. The normalized spacial score (nSPS) is 20.7. The lowest BCUT2D eigenvalue weighted by molar-refractivity contribution is -0.151. The molecule has 2 heterocycles. The summed E-state index contributed by atoms with van der Waals surface area (Å²) in [5, 5.41) is 0. The molecule has 0 saturated carbocycles. The fourth-order valence-corrected chi connectivity index (χ4v) is 3.32. The molecule has 2 atom stereocenters. The van der Waals surface area contributed by atoms with E-state index in [2.05, 4.69) is 6.92 Å². The molecule has 6 nitrogen and oxygen atoms in total. The molecule has 0 N–H and O–H groups in total. The molecule has 124 valence electrons. The van der Waals surface area contributed by atoms with Crippen molar-refractivity contribution in [1.29, 1.82) is 0 Å².